The monoisotopic (exact) mass is 494 g/mol. The van der Waals surface area contributed by atoms with Crippen molar-refractivity contribution in [2.75, 3.05) is 13.1 Å². The molecule has 0 bridgehead atoms. The number of aliphatic imine (C=N–C) groups is 1. The number of likely N-dealkylation sites (tertiary alicyclic amines) is 1. The molecule has 8 heteroatoms. The van der Waals surface area contributed by atoms with E-state index in [0.717, 1.165) is 67.1 Å². The molecule has 0 amide bonds. The Morgan fingerprint density at radius 2 is 1.74 bits per heavy atom. The normalized spacial score (nSPS) is 24.1. The quantitative estimate of drug-likeness (QED) is 0.408. The first-order valence-corrected chi connectivity index (χ1v) is 13.0. The van der Waals surface area contributed by atoms with Crippen LogP contribution in [0.4, 0.5) is 0 Å². The summed E-state index contributed by atoms with van der Waals surface area (Å²) in [5, 5.41) is 1.05. The number of hydrogen-bond acceptors (Lipinski definition) is 5. The molecule has 0 N–H and O–H groups in total. The highest BCUT2D eigenvalue weighted by Gasteiger charge is 2.43. The average Bonchev–Trinajstić information content (AvgIpc) is 3.61. The SMILES string of the molecule is Clc1ccc(CC2CCN(C3(c4nc(Cl)nc5c4ncn5C4CCCC4)C=CC=N3)CC2)cc1. The predicted octanol–water partition coefficient (Wildman–Crippen LogP) is 6.00. The lowest BCUT2D eigenvalue weighted by molar-refractivity contribution is 0.0866. The molecule has 2 aromatic heterocycles. The highest BCUT2D eigenvalue weighted by molar-refractivity contribution is 6.30. The van der Waals surface area contributed by atoms with Gasteiger partial charge in [-0.3, -0.25) is 9.89 Å². The molecular formula is C26H28Cl2N6. The first-order valence-electron chi connectivity index (χ1n) is 12.3. The number of aromatic nitrogens is 4. The van der Waals surface area contributed by atoms with Crippen LogP contribution in [0.25, 0.3) is 11.2 Å². The molecule has 4 heterocycles. The van der Waals surface area contributed by atoms with Crippen LogP contribution >= 0.6 is 23.2 Å². The molecule has 1 aliphatic carbocycles. The Balaban J connectivity index is 1.29. The second-order valence-electron chi connectivity index (χ2n) is 9.73. The molecule has 2 aliphatic heterocycles. The van der Waals surface area contributed by atoms with Gasteiger partial charge in [0.05, 0.1) is 6.33 Å². The van der Waals surface area contributed by atoms with E-state index in [2.05, 4.69) is 32.7 Å². The zero-order valence-electron chi connectivity index (χ0n) is 19.1. The van der Waals surface area contributed by atoms with Crippen LogP contribution < -0.4 is 0 Å². The van der Waals surface area contributed by atoms with E-state index in [1.165, 1.54) is 18.4 Å². The summed E-state index contributed by atoms with van der Waals surface area (Å²) in [7, 11) is 0. The van der Waals surface area contributed by atoms with E-state index in [-0.39, 0.29) is 5.28 Å². The number of imidazole rings is 1. The van der Waals surface area contributed by atoms with Gasteiger partial charge in [-0.15, -0.1) is 0 Å². The van der Waals surface area contributed by atoms with Crippen LogP contribution in [0.3, 0.4) is 0 Å². The highest BCUT2D eigenvalue weighted by atomic mass is 35.5. The van der Waals surface area contributed by atoms with E-state index in [1.54, 1.807) is 0 Å². The van der Waals surface area contributed by atoms with Gasteiger partial charge >= 0.3 is 0 Å². The largest absolute Gasteiger partial charge is 0.312 e. The molecule has 1 unspecified atom stereocenters. The van der Waals surface area contributed by atoms with Crippen molar-refractivity contribution in [3.05, 3.63) is 64.3 Å². The van der Waals surface area contributed by atoms with Crippen molar-refractivity contribution in [2.24, 2.45) is 10.9 Å². The van der Waals surface area contributed by atoms with Crippen LogP contribution in [-0.2, 0) is 12.1 Å². The van der Waals surface area contributed by atoms with E-state index < -0.39 is 5.66 Å². The molecule has 1 atom stereocenters. The second kappa shape index (κ2) is 9.06. The molecular weight excluding hydrogens is 467 g/mol. The Bertz CT molecular complexity index is 1220. The highest BCUT2D eigenvalue weighted by Crippen LogP contribution is 2.41. The molecule has 6 rings (SSSR count). The van der Waals surface area contributed by atoms with Crippen molar-refractivity contribution < 1.29 is 0 Å². The van der Waals surface area contributed by atoms with Gasteiger partial charge in [0.1, 0.15) is 11.2 Å². The van der Waals surface area contributed by atoms with Gasteiger partial charge in [0.15, 0.2) is 11.3 Å². The number of rotatable bonds is 5. The minimum absolute atomic E-state index is 0.259. The van der Waals surface area contributed by atoms with Crippen molar-refractivity contribution >= 4 is 40.6 Å². The minimum atomic E-state index is -0.676. The first-order chi connectivity index (χ1) is 16.6. The van der Waals surface area contributed by atoms with Gasteiger partial charge in [0, 0.05) is 30.4 Å². The van der Waals surface area contributed by atoms with Crippen molar-refractivity contribution in [2.45, 2.75) is 56.7 Å². The summed E-state index contributed by atoms with van der Waals surface area (Å²) in [5.74, 6) is 0.638. The Morgan fingerprint density at radius 1 is 0.971 bits per heavy atom. The number of benzene rings is 1. The van der Waals surface area contributed by atoms with Gasteiger partial charge in [0.2, 0.25) is 5.28 Å². The molecule has 176 valence electrons. The maximum Gasteiger partial charge on any atom is 0.224 e. The van der Waals surface area contributed by atoms with E-state index in [4.69, 9.17) is 38.2 Å². The lowest BCUT2D eigenvalue weighted by Crippen LogP contribution is -2.48. The van der Waals surface area contributed by atoms with Gasteiger partial charge in [-0.25, -0.2) is 9.97 Å². The average molecular weight is 495 g/mol. The van der Waals surface area contributed by atoms with Gasteiger partial charge in [-0.1, -0.05) is 36.6 Å². The lowest BCUT2D eigenvalue weighted by atomic mass is 9.88. The van der Waals surface area contributed by atoms with Crippen molar-refractivity contribution in [1.82, 2.24) is 24.4 Å². The van der Waals surface area contributed by atoms with Crippen LogP contribution in [0.2, 0.25) is 10.3 Å². The molecule has 0 spiro atoms. The summed E-state index contributed by atoms with van der Waals surface area (Å²) in [5.41, 5.74) is 3.10. The van der Waals surface area contributed by atoms with E-state index >= 15 is 0 Å². The summed E-state index contributed by atoms with van der Waals surface area (Å²) in [6.45, 7) is 1.87. The fourth-order valence-corrected chi connectivity index (χ4v) is 6.17. The van der Waals surface area contributed by atoms with Gasteiger partial charge < -0.3 is 4.57 Å². The topological polar surface area (TPSA) is 59.2 Å². The summed E-state index contributed by atoms with van der Waals surface area (Å²) in [6.07, 6.45) is 16.0. The molecule has 34 heavy (non-hydrogen) atoms. The van der Waals surface area contributed by atoms with Crippen molar-refractivity contribution in [1.29, 1.82) is 0 Å². The first kappa shape index (κ1) is 22.2. The summed E-state index contributed by atoms with van der Waals surface area (Å²) >= 11 is 12.6. The zero-order chi connectivity index (χ0) is 23.1. The third-order valence-corrected chi connectivity index (χ3v) is 8.10. The smallest absolute Gasteiger partial charge is 0.224 e. The fourth-order valence-electron chi connectivity index (χ4n) is 5.88. The van der Waals surface area contributed by atoms with Crippen molar-refractivity contribution in [3.8, 4) is 0 Å². The fraction of sp³-hybridized carbons (Fsp3) is 0.462. The van der Waals surface area contributed by atoms with E-state index in [0.29, 0.717) is 12.0 Å². The Kier molecular flexibility index (Phi) is 5.92. The number of fused-ring (bicyclic) bond motifs is 1. The number of nitrogens with zero attached hydrogens (tertiary/aromatic N) is 6. The third kappa shape index (κ3) is 3.96. The molecule has 1 aromatic carbocycles. The van der Waals surface area contributed by atoms with Gasteiger partial charge in [-0.05, 0) is 79.5 Å². The number of hydrogen-bond donors (Lipinski definition) is 0. The maximum atomic E-state index is 6.50. The zero-order valence-corrected chi connectivity index (χ0v) is 20.6. The van der Waals surface area contributed by atoms with Gasteiger partial charge in [-0.2, -0.15) is 4.98 Å². The molecule has 0 radical (unpaired) electrons. The number of halogens is 2. The number of piperidine rings is 1. The minimum Gasteiger partial charge on any atom is -0.312 e. The van der Waals surface area contributed by atoms with Crippen LogP contribution in [-0.4, -0.2) is 43.7 Å². The number of allylic oxidation sites excluding steroid dienone is 1. The summed E-state index contributed by atoms with van der Waals surface area (Å²) in [6, 6.07) is 8.67. The van der Waals surface area contributed by atoms with Crippen LogP contribution in [0, 0.1) is 5.92 Å². The van der Waals surface area contributed by atoms with E-state index in [1.807, 2.05) is 30.8 Å². The van der Waals surface area contributed by atoms with Crippen LogP contribution in [0.1, 0.15) is 55.8 Å². The predicted molar refractivity (Wildman–Crippen MR) is 137 cm³/mol. The summed E-state index contributed by atoms with van der Waals surface area (Å²) in [4.78, 5) is 21.5. The Labute approximate surface area is 209 Å². The van der Waals surface area contributed by atoms with E-state index in [9.17, 15) is 0 Å². The van der Waals surface area contributed by atoms with Crippen molar-refractivity contribution in [3.63, 3.8) is 0 Å². The second-order valence-corrected chi connectivity index (χ2v) is 10.5. The van der Waals surface area contributed by atoms with Gasteiger partial charge in [0.25, 0.3) is 0 Å². The third-order valence-electron chi connectivity index (χ3n) is 7.68. The van der Waals surface area contributed by atoms with Crippen LogP contribution in [0.5, 0.6) is 0 Å². The molecule has 1 saturated carbocycles. The standard InChI is InChI=1S/C26H28Cl2N6/c27-20-8-6-18(7-9-20)16-19-10-14-33(15-11-19)26(12-3-13-30-26)23-22-24(32-25(28)31-23)34(17-29-22)21-4-1-2-5-21/h3,6-9,12-13,17,19,21H,1-2,4-5,10-11,14-16H2. The Hall–Kier alpha value is -2.28. The molecule has 2 fully saturated rings. The Morgan fingerprint density at radius 3 is 2.44 bits per heavy atom. The van der Waals surface area contributed by atoms with Crippen LogP contribution in [0.15, 0.2) is 47.7 Å². The molecule has 3 aromatic rings. The molecule has 6 nitrogen and oxygen atoms in total. The maximum absolute atomic E-state index is 6.50. The lowest BCUT2D eigenvalue weighted by Gasteiger charge is -2.41. The molecule has 1 saturated heterocycles. The summed E-state index contributed by atoms with van der Waals surface area (Å²) < 4.78 is 2.20. The molecule has 3 aliphatic rings.